The molecule has 0 fully saturated rings. The first-order valence-electron chi connectivity index (χ1n) is 4.91. The number of thiazole rings is 1. The molecule has 1 aromatic rings. The molecule has 0 bridgehead atoms. The van der Waals surface area contributed by atoms with Gasteiger partial charge in [-0.15, -0.1) is 11.3 Å². The van der Waals surface area contributed by atoms with Crippen molar-refractivity contribution in [2.24, 2.45) is 5.92 Å². The largest absolute Gasteiger partial charge is 0.395 e. The van der Waals surface area contributed by atoms with Crippen molar-refractivity contribution < 1.29 is 5.11 Å². The monoisotopic (exact) mass is 214 g/mol. The zero-order valence-electron chi connectivity index (χ0n) is 8.90. The lowest BCUT2D eigenvalue weighted by Crippen LogP contribution is -2.38. The highest BCUT2D eigenvalue weighted by molar-refractivity contribution is 7.09. The summed E-state index contributed by atoms with van der Waals surface area (Å²) in [6, 6.07) is 0.364. The molecule has 3 nitrogen and oxygen atoms in total. The van der Waals surface area contributed by atoms with Crippen LogP contribution in [0.25, 0.3) is 0 Å². The molecule has 1 heterocycles. The first-order valence-corrected chi connectivity index (χ1v) is 5.79. The van der Waals surface area contributed by atoms with E-state index in [0.717, 1.165) is 5.01 Å². The lowest BCUT2D eigenvalue weighted by atomic mass is 10.0. The van der Waals surface area contributed by atoms with Gasteiger partial charge in [0.15, 0.2) is 0 Å². The third kappa shape index (κ3) is 3.04. The predicted molar refractivity (Wildman–Crippen MR) is 59.4 cm³/mol. The molecule has 0 aliphatic rings. The number of nitrogens with zero attached hydrogens (tertiary/aromatic N) is 1. The summed E-state index contributed by atoms with van der Waals surface area (Å²) in [6.07, 6.45) is 1.81. The molecule has 4 heteroatoms. The Morgan fingerprint density at radius 3 is 2.64 bits per heavy atom. The topological polar surface area (TPSA) is 45.1 Å². The molecule has 2 atom stereocenters. The molecule has 1 rings (SSSR count). The molecule has 0 amide bonds. The molecular weight excluding hydrogens is 196 g/mol. The number of rotatable bonds is 5. The molecular formula is C10H18N2OS. The third-order valence-corrected chi connectivity index (χ3v) is 3.25. The van der Waals surface area contributed by atoms with E-state index in [1.54, 1.807) is 11.3 Å². The Hall–Kier alpha value is -0.450. The lowest BCUT2D eigenvalue weighted by Gasteiger charge is -2.23. The molecule has 0 saturated carbocycles. The number of hydrogen-bond donors (Lipinski definition) is 2. The van der Waals surface area contributed by atoms with Crippen LogP contribution in [0.3, 0.4) is 0 Å². The number of aliphatic hydroxyl groups excluding tert-OH is 1. The van der Waals surface area contributed by atoms with Gasteiger partial charge in [-0.25, -0.2) is 4.98 Å². The standard InChI is InChI=1S/C10H18N2OS/c1-7(2)9(6-13)12-8(3)10-11-4-5-14-10/h4-5,7-9,12-13H,6H2,1-3H3. The third-order valence-electron chi connectivity index (χ3n) is 2.29. The van der Waals surface area contributed by atoms with E-state index in [1.165, 1.54) is 0 Å². The van der Waals surface area contributed by atoms with Crippen LogP contribution in [-0.2, 0) is 0 Å². The second-order valence-corrected chi connectivity index (χ2v) is 4.72. The van der Waals surface area contributed by atoms with Crippen molar-refractivity contribution in [2.45, 2.75) is 32.9 Å². The Morgan fingerprint density at radius 1 is 1.50 bits per heavy atom. The lowest BCUT2D eigenvalue weighted by molar-refractivity contribution is 0.201. The summed E-state index contributed by atoms with van der Waals surface area (Å²) in [4.78, 5) is 4.24. The molecule has 2 N–H and O–H groups in total. The zero-order valence-corrected chi connectivity index (χ0v) is 9.71. The Balaban J connectivity index is 2.51. The Kier molecular flexibility index (Phi) is 4.51. The van der Waals surface area contributed by atoms with Crippen molar-refractivity contribution in [3.63, 3.8) is 0 Å². The summed E-state index contributed by atoms with van der Waals surface area (Å²) < 4.78 is 0. The Morgan fingerprint density at radius 2 is 2.21 bits per heavy atom. The Labute approximate surface area is 89.2 Å². The summed E-state index contributed by atoms with van der Waals surface area (Å²) in [5.41, 5.74) is 0. The van der Waals surface area contributed by atoms with Crippen LogP contribution in [0.15, 0.2) is 11.6 Å². The molecule has 2 unspecified atom stereocenters. The first kappa shape index (κ1) is 11.6. The molecule has 80 valence electrons. The van der Waals surface area contributed by atoms with Crippen molar-refractivity contribution in [2.75, 3.05) is 6.61 Å². The fraction of sp³-hybridized carbons (Fsp3) is 0.700. The van der Waals surface area contributed by atoms with E-state index >= 15 is 0 Å². The smallest absolute Gasteiger partial charge is 0.109 e. The maximum Gasteiger partial charge on any atom is 0.109 e. The summed E-state index contributed by atoms with van der Waals surface area (Å²) in [5, 5.41) is 15.6. The highest BCUT2D eigenvalue weighted by Gasteiger charge is 2.16. The molecule has 0 radical (unpaired) electrons. The minimum atomic E-state index is 0.147. The molecule has 0 aromatic carbocycles. The van der Waals surface area contributed by atoms with Gasteiger partial charge in [0.1, 0.15) is 5.01 Å². The summed E-state index contributed by atoms with van der Waals surface area (Å²) in [7, 11) is 0. The number of nitrogens with one attached hydrogen (secondary N) is 1. The minimum absolute atomic E-state index is 0.147. The van der Waals surface area contributed by atoms with E-state index in [4.69, 9.17) is 5.11 Å². The second-order valence-electron chi connectivity index (χ2n) is 3.79. The molecule has 0 saturated heterocycles. The van der Waals surface area contributed by atoms with E-state index in [2.05, 4.69) is 31.1 Å². The summed E-state index contributed by atoms with van der Waals surface area (Å²) >= 11 is 1.64. The predicted octanol–water partition coefficient (Wildman–Crippen LogP) is 1.81. The van der Waals surface area contributed by atoms with Gasteiger partial charge < -0.3 is 10.4 Å². The van der Waals surface area contributed by atoms with Crippen LogP contribution in [-0.4, -0.2) is 22.7 Å². The molecule has 14 heavy (non-hydrogen) atoms. The van der Waals surface area contributed by atoms with Crippen molar-refractivity contribution >= 4 is 11.3 Å². The van der Waals surface area contributed by atoms with Crippen LogP contribution in [0.5, 0.6) is 0 Å². The van der Waals surface area contributed by atoms with E-state index in [9.17, 15) is 0 Å². The van der Waals surface area contributed by atoms with Crippen LogP contribution in [0, 0.1) is 5.92 Å². The maximum atomic E-state index is 9.16. The Bertz CT molecular complexity index is 249. The van der Waals surface area contributed by atoms with Crippen molar-refractivity contribution in [1.29, 1.82) is 0 Å². The molecule has 1 aromatic heterocycles. The SMILES string of the molecule is CC(NC(CO)C(C)C)c1nccs1. The van der Waals surface area contributed by atoms with Gasteiger partial charge >= 0.3 is 0 Å². The maximum absolute atomic E-state index is 9.16. The van der Waals surface area contributed by atoms with Gasteiger partial charge in [-0.3, -0.25) is 0 Å². The second kappa shape index (κ2) is 5.44. The van der Waals surface area contributed by atoms with Crippen LogP contribution >= 0.6 is 11.3 Å². The zero-order chi connectivity index (χ0) is 10.6. The van der Waals surface area contributed by atoms with Crippen LogP contribution in [0.1, 0.15) is 31.8 Å². The van der Waals surface area contributed by atoms with Gasteiger partial charge in [-0.05, 0) is 12.8 Å². The fourth-order valence-corrected chi connectivity index (χ4v) is 1.95. The van der Waals surface area contributed by atoms with Crippen molar-refractivity contribution in [1.82, 2.24) is 10.3 Å². The van der Waals surface area contributed by atoms with Crippen LogP contribution in [0.2, 0.25) is 0 Å². The average molecular weight is 214 g/mol. The number of aromatic nitrogens is 1. The fourth-order valence-electron chi connectivity index (χ4n) is 1.30. The molecule has 0 aliphatic carbocycles. The van der Waals surface area contributed by atoms with Crippen LogP contribution in [0.4, 0.5) is 0 Å². The van der Waals surface area contributed by atoms with Crippen molar-refractivity contribution in [3.05, 3.63) is 16.6 Å². The average Bonchev–Trinajstić information content (AvgIpc) is 2.65. The first-order chi connectivity index (χ1) is 6.65. The normalized spacial score (nSPS) is 15.8. The van der Waals surface area contributed by atoms with E-state index in [-0.39, 0.29) is 18.7 Å². The number of hydrogen-bond acceptors (Lipinski definition) is 4. The minimum Gasteiger partial charge on any atom is -0.395 e. The van der Waals surface area contributed by atoms with E-state index in [1.807, 2.05) is 11.6 Å². The quantitative estimate of drug-likeness (QED) is 0.785. The summed E-state index contributed by atoms with van der Waals surface area (Å²) in [6.45, 7) is 6.45. The van der Waals surface area contributed by atoms with Gasteiger partial charge in [0.25, 0.3) is 0 Å². The number of aliphatic hydroxyl groups is 1. The van der Waals surface area contributed by atoms with Gasteiger partial charge in [0, 0.05) is 17.6 Å². The molecule has 0 aliphatic heterocycles. The summed E-state index contributed by atoms with van der Waals surface area (Å²) in [5.74, 6) is 0.433. The molecule has 0 spiro atoms. The van der Waals surface area contributed by atoms with Crippen LogP contribution < -0.4 is 5.32 Å². The van der Waals surface area contributed by atoms with E-state index < -0.39 is 0 Å². The van der Waals surface area contributed by atoms with Gasteiger partial charge in [0.05, 0.1) is 12.6 Å². The van der Waals surface area contributed by atoms with Gasteiger partial charge in [-0.1, -0.05) is 13.8 Å². The highest BCUT2D eigenvalue weighted by Crippen LogP contribution is 2.16. The van der Waals surface area contributed by atoms with E-state index in [0.29, 0.717) is 5.92 Å². The van der Waals surface area contributed by atoms with Gasteiger partial charge in [0.2, 0.25) is 0 Å². The van der Waals surface area contributed by atoms with Crippen molar-refractivity contribution in [3.8, 4) is 0 Å². The highest BCUT2D eigenvalue weighted by atomic mass is 32.1. The van der Waals surface area contributed by atoms with Gasteiger partial charge in [-0.2, -0.15) is 0 Å².